The summed E-state index contributed by atoms with van der Waals surface area (Å²) in [5.41, 5.74) is 4.93. The van der Waals surface area contributed by atoms with Gasteiger partial charge >= 0.3 is 5.69 Å². The molecule has 0 spiro atoms. The second kappa shape index (κ2) is 13.9. The summed E-state index contributed by atoms with van der Waals surface area (Å²) in [5.74, 6) is -1.36. The molecular formula is C36H39FN6O6. The Balaban J connectivity index is 1.41. The van der Waals surface area contributed by atoms with Crippen molar-refractivity contribution >= 4 is 17.5 Å². The summed E-state index contributed by atoms with van der Waals surface area (Å²) in [7, 11) is 7.42. The van der Waals surface area contributed by atoms with E-state index in [9.17, 15) is 24.3 Å². The number of nitrogens with one attached hydrogen (secondary N) is 2. The highest BCUT2D eigenvalue weighted by Gasteiger charge is 2.32. The van der Waals surface area contributed by atoms with Crippen LogP contribution < -0.4 is 26.6 Å². The minimum absolute atomic E-state index is 0.0771. The van der Waals surface area contributed by atoms with Crippen molar-refractivity contribution < 1.29 is 23.8 Å². The Morgan fingerprint density at radius 2 is 1.59 bits per heavy atom. The third kappa shape index (κ3) is 6.62. The Hall–Kier alpha value is -5.53. The molecule has 13 heteroatoms. The summed E-state index contributed by atoms with van der Waals surface area (Å²) in [6, 6.07) is 14.4. The lowest BCUT2D eigenvalue weighted by atomic mass is 9.90. The van der Waals surface area contributed by atoms with Crippen molar-refractivity contribution in [3.05, 3.63) is 115 Å². The summed E-state index contributed by atoms with van der Waals surface area (Å²) >= 11 is 0. The molecule has 0 saturated carbocycles. The summed E-state index contributed by atoms with van der Waals surface area (Å²) in [6.07, 6.45) is 1.62. The molecule has 49 heavy (non-hydrogen) atoms. The molecule has 1 unspecified atom stereocenters. The summed E-state index contributed by atoms with van der Waals surface area (Å²) < 4.78 is 23.6. The number of halogens is 1. The number of carbonyl (C=O) groups excluding carboxylic acids is 2. The fourth-order valence-electron chi connectivity index (χ4n) is 5.99. The van der Waals surface area contributed by atoms with E-state index in [0.717, 1.165) is 37.3 Å². The van der Waals surface area contributed by atoms with Crippen molar-refractivity contribution in [1.82, 2.24) is 24.3 Å². The van der Waals surface area contributed by atoms with Gasteiger partial charge in [0.2, 0.25) is 6.35 Å². The average Bonchev–Trinajstić information content (AvgIpc) is 3.08. The van der Waals surface area contributed by atoms with Gasteiger partial charge in [-0.3, -0.25) is 23.9 Å². The second-order valence-corrected chi connectivity index (χ2v) is 12.0. The maximum absolute atomic E-state index is 15.7. The topological polar surface area (TPSA) is 138 Å². The molecule has 3 N–H and O–H groups in total. The fourth-order valence-corrected chi connectivity index (χ4v) is 5.99. The molecule has 1 aromatic heterocycles. The predicted molar refractivity (Wildman–Crippen MR) is 184 cm³/mol. The number of likely N-dealkylation sites (N-methyl/N-ethyl adjacent to an activating group) is 1. The number of amides is 2. The maximum Gasteiger partial charge on any atom is 0.330 e. The SMILES string of the molecule is COc1cc(-c2cccc(-c3cccc(NC(=O)C4=CN(C)C(O)N(C)C4=O)c3C)c2C)cc(F)c1CNCc1cn(C)c(=O)n(C)c1=O. The molecule has 2 heterocycles. The summed E-state index contributed by atoms with van der Waals surface area (Å²) in [6.45, 7) is 4.00. The second-order valence-electron chi connectivity index (χ2n) is 12.0. The Morgan fingerprint density at radius 1 is 0.939 bits per heavy atom. The van der Waals surface area contributed by atoms with Crippen LogP contribution in [0.1, 0.15) is 22.3 Å². The smallest absolute Gasteiger partial charge is 0.330 e. The van der Waals surface area contributed by atoms with Gasteiger partial charge in [0.1, 0.15) is 17.1 Å². The zero-order valence-electron chi connectivity index (χ0n) is 28.4. The number of anilines is 1. The van der Waals surface area contributed by atoms with Gasteiger partial charge in [-0.15, -0.1) is 0 Å². The quantitative estimate of drug-likeness (QED) is 0.231. The molecule has 0 saturated heterocycles. The molecule has 12 nitrogen and oxygen atoms in total. The lowest BCUT2D eigenvalue weighted by molar-refractivity contribution is -0.148. The van der Waals surface area contributed by atoms with Gasteiger partial charge in [-0.1, -0.05) is 30.3 Å². The molecular weight excluding hydrogens is 631 g/mol. The number of ether oxygens (including phenoxy) is 1. The minimum atomic E-state index is -1.17. The monoisotopic (exact) mass is 670 g/mol. The van der Waals surface area contributed by atoms with E-state index in [0.29, 0.717) is 28.1 Å². The van der Waals surface area contributed by atoms with Crippen LogP contribution in [0.3, 0.4) is 0 Å². The van der Waals surface area contributed by atoms with Crippen LogP contribution in [0.5, 0.6) is 5.75 Å². The highest BCUT2D eigenvalue weighted by Crippen LogP contribution is 2.38. The van der Waals surface area contributed by atoms with Crippen LogP contribution in [0.2, 0.25) is 0 Å². The molecule has 4 aromatic rings. The van der Waals surface area contributed by atoms with E-state index in [-0.39, 0.29) is 18.7 Å². The van der Waals surface area contributed by atoms with E-state index >= 15 is 4.39 Å². The molecule has 5 rings (SSSR count). The van der Waals surface area contributed by atoms with Gasteiger partial charge < -0.3 is 29.9 Å². The largest absolute Gasteiger partial charge is 0.496 e. The van der Waals surface area contributed by atoms with E-state index in [1.54, 1.807) is 32.3 Å². The number of hydrogen-bond donors (Lipinski definition) is 3. The zero-order valence-corrected chi connectivity index (χ0v) is 28.4. The van der Waals surface area contributed by atoms with Crippen molar-refractivity contribution in [3.63, 3.8) is 0 Å². The van der Waals surface area contributed by atoms with E-state index in [4.69, 9.17) is 4.74 Å². The van der Waals surface area contributed by atoms with Crippen molar-refractivity contribution in [1.29, 1.82) is 0 Å². The third-order valence-electron chi connectivity index (χ3n) is 8.86. The number of aliphatic hydroxyl groups excluding tert-OH is 1. The lowest BCUT2D eigenvalue weighted by Gasteiger charge is -2.35. The number of rotatable bonds is 9. The molecule has 0 radical (unpaired) electrons. The molecule has 256 valence electrons. The van der Waals surface area contributed by atoms with Crippen molar-refractivity contribution in [3.8, 4) is 28.0 Å². The normalized spacial score (nSPS) is 14.6. The number of aryl methyl sites for hydroxylation is 1. The third-order valence-corrected chi connectivity index (χ3v) is 8.86. The van der Waals surface area contributed by atoms with Crippen LogP contribution in [-0.4, -0.2) is 63.4 Å². The van der Waals surface area contributed by atoms with Crippen LogP contribution in [-0.2, 0) is 36.8 Å². The highest BCUT2D eigenvalue weighted by atomic mass is 19.1. The molecule has 2 amide bonds. The van der Waals surface area contributed by atoms with Gasteiger partial charge in [0.05, 0.1) is 7.11 Å². The van der Waals surface area contributed by atoms with E-state index in [1.807, 2.05) is 38.1 Å². The average molecular weight is 671 g/mol. The fraction of sp³-hybridized carbons (Fsp3) is 0.278. The highest BCUT2D eigenvalue weighted by molar-refractivity contribution is 6.23. The predicted octanol–water partition coefficient (Wildman–Crippen LogP) is 2.97. The Bertz CT molecular complexity index is 2120. The molecule has 0 aliphatic carbocycles. The number of aliphatic hydroxyl groups is 1. The summed E-state index contributed by atoms with van der Waals surface area (Å²) in [4.78, 5) is 52.8. The Kier molecular flexibility index (Phi) is 9.88. The molecule has 0 fully saturated rings. The Morgan fingerprint density at radius 3 is 2.29 bits per heavy atom. The van der Waals surface area contributed by atoms with Crippen LogP contribution in [0, 0.1) is 19.7 Å². The first kappa shape index (κ1) is 34.8. The van der Waals surface area contributed by atoms with Gasteiger partial charge in [-0.05, 0) is 65.4 Å². The van der Waals surface area contributed by atoms with E-state index in [1.165, 1.54) is 49.1 Å². The number of benzene rings is 3. The Labute approximate surface area is 282 Å². The van der Waals surface area contributed by atoms with Crippen molar-refractivity contribution in [2.45, 2.75) is 33.3 Å². The van der Waals surface area contributed by atoms with Crippen LogP contribution in [0.25, 0.3) is 22.3 Å². The maximum atomic E-state index is 15.7. The first-order valence-electron chi connectivity index (χ1n) is 15.5. The van der Waals surface area contributed by atoms with Gasteiger partial charge in [-0.25, -0.2) is 9.18 Å². The van der Waals surface area contributed by atoms with Crippen LogP contribution in [0.15, 0.2) is 76.1 Å². The minimum Gasteiger partial charge on any atom is -0.496 e. The number of methoxy groups -OCH3 is 1. The molecule has 0 bridgehead atoms. The summed E-state index contributed by atoms with van der Waals surface area (Å²) in [5, 5.41) is 16.0. The van der Waals surface area contributed by atoms with E-state index < -0.39 is 35.2 Å². The lowest BCUT2D eigenvalue weighted by Crippen LogP contribution is -2.51. The number of nitrogens with zero attached hydrogens (tertiary/aromatic N) is 4. The number of carbonyl (C=O) groups is 2. The molecule has 3 aromatic carbocycles. The van der Waals surface area contributed by atoms with Gasteiger partial charge in [-0.2, -0.15) is 0 Å². The molecule has 1 aliphatic heterocycles. The van der Waals surface area contributed by atoms with Gasteiger partial charge in [0.15, 0.2) is 0 Å². The first-order chi connectivity index (χ1) is 23.2. The number of aromatic nitrogens is 2. The van der Waals surface area contributed by atoms with Crippen molar-refractivity contribution in [2.75, 3.05) is 26.5 Å². The van der Waals surface area contributed by atoms with Crippen LogP contribution in [0.4, 0.5) is 10.1 Å². The van der Waals surface area contributed by atoms with Gasteiger partial charge in [0.25, 0.3) is 17.4 Å². The van der Waals surface area contributed by atoms with Crippen molar-refractivity contribution in [2.24, 2.45) is 14.1 Å². The number of hydrogen-bond acceptors (Lipinski definition) is 8. The zero-order chi connectivity index (χ0) is 35.7. The first-order valence-corrected chi connectivity index (χ1v) is 15.5. The molecule has 1 atom stereocenters. The van der Waals surface area contributed by atoms with E-state index in [2.05, 4.69) is 10.6 Å². The molecule has 1 aliphatic rings. The van der Waals surface area contributed by atoms with Gasteiger partial charge in [0, 0.05) is 70.5 Å². The standard InChI is InChI=1S/C36H39FN6O6/c1-20-24(22-14-29(37)27(31(15-22)49-7)17-38-16-23-18-40(3)35(47)42(5)33(23)45)10-8-11-25(20)26-12-9-13-30(21(26)2)39-32(44)28-19-41(4)36(48)43(6)34(28)46/h8-15,18-19,36,38,48H,16-17H2,1-7H3,(H,39,44). The van der Waals surface area contributed by atoms with Crippen LogP contribution >= 0.6 is 0 Å².